The van der Waals surface area contributed by atoms with Crippen molar-refractivity contribution in [2.45, 2.75) is 26.7 Å². The minimum Gasteiger partial charge on any atom is -0.0616 e. The van der Waals surface area contributed by atoms with Crippen LogP contribution in [0, 0.1) is 6.42 Å². The molecule has 1 aromatic rings. The zero-order valence-corrected chi connectivity index (χ0v) is 10.2. The minimum absolute atomic E-state index is 1.12. The van der Waals surface area contributed by atoms with Gasteiger partial charge >= 0.3 is 0 Å². The molecule has 0 amide bonds. The Bertz CT molecular complexity index is 388. The standard InChI is InChI=1S/C13H14Br/c1-3-9-8-10-6-5-7-12(14)13(10)11(9)4-2/h5-8H,3-4H2,1-2H3. The predicted molar refractivity (Wildman–Crippen MR) is 65.0 cm³/mol. The first kappa shape index (κ1) is 9.97. The van der Waals surface area contributed by atoms with Crippen molar-refractivity contribution in [2.75, 3.05) is 0 Å². The predicted octanol–water partition coefficient (Wildman–Crippen LogP) is 4.59. The van der Waals surface area contributed by atoms with Crippen molar-refractivity contribution in [3.63, 3.8) is 0 Å². The van der Waals surface area contributed by atoms with E-state index < -0.39 is 0 Å². The molecule has 0 spiro atoms. The lowest BCUT2D eigenvalue weighted by atomic mass is 10.0. The van der Waals surface area contributed by atoms with Gasteiger partial charge in [0.1, 0.15) is 0 Å². The number of rotatable bonds is 2. The maximum absolute atomic E-state index is 3.63. The van der Waals surface area contributed by atoms with Gasteiger partial charge in [-0.3, -0.25) is 0 Å². The van der Waals surface area contributed by atoms with Crippen LogP contribution in [0.5, 0.6) is 0 Å². The maximum atomic E-state index is 3.63. The summed E-state index contributed by atoms with van der Waals surface area (Å²) in [5, 5.41) is 0. The minimum atomic E-state index is 1.12. The summed E-state index contributed by atoms with van der Waals surface area (Å²) in [6.45, 7) is 4.45. The van der Waals surface area contributed by atoms with Crippen molar-refractivity contribution < 1.29 is 0 Å². The molecule has 0 aliphatic heterocycles. The lowest BCUT2D eigenvalue weighted by molar-refractivity contribution is 1.11. The van der Waals surface area contributed by atoms with Crippen LogP contribution in [0.1, 0.15) is 37.8 Å². The molecule has 0 fully saturated rings. The first-order chi connectivity index (χ1) is 6.77. The lowest BCUT2D eigenvalue weighted by Gasteiger charge is -2.06. The number of hydrogen-bond donors (Lipinski definition) is 0. The molecule has 73 valence electrons. The van der Waals surface area contributed by atoms with Crippen molar-refractivity contribution in [3.8, 4) is 0 Å². The van der Waals surface area contributed by atoms with Gasteiger partial charge in [-0.25, -0.2) is 0 Å². The summed E-state index contributed by atoms with van der Waals surface area (Å²) in [4.78, 5) is 0. The Hall–Kier alpha value is -0.560. The Labute approximate surface area is 94.2 Å². The molecule has 1 aromatic carbocycles. The van der Waals surface area contributed by atoms with Crippen molar-refractivity contribution in [1.82, 2.24) is 0 Å². The van der Waals surface area contributed by atoms with Gasteiger partial charge in [0.05, 0.1) is 0 Å². The molecule has 14 heavy (non-hydrogen) atoms. The van der Waals surface area contributed by atoms with E-state index in [2.05, 4.69) is 54.4 Å². The van der Waals surface area contributed by atoms with Crippen molar-refractivity contribution in [1.29, 1.82) is 0 Å². The van der Waals surface area contributed by atoms with Crippen LogP contribution < -0.4 is 0 Å². The Kier molecular flexibility index (Phi) is 2.78. The van der Waals surface area contributed by atoms with Crippen LogP contribution in [0.3, 0.4) is 0 Å². The highest BCUT2D eigenvalue weighted by Crippen LogP contribution is 2.41. The molecule has 1 radical (unpaired) electrons. The molecule has 0 saturated carbocycles. The second-order valence-electron chi connectivity index (χ2n) is 3.56. The molecule has 1 heteroatoms. The van der Waals surface area contributed by atoms with Gasteiger partial charge in [0.2, 0.25) is 0 Å². The maximum Gasteiger partial charge on any atom is 0.0253 e. The molecule has 0 aromatic heterocycles. The van der Waals surface area contributed by atoms with Gasteiger partial charge in [0, 0.05) is 10.9 Å². The second kappa shape index (κ2) is 3.90. The van der Waals surface area contributed by atoms with Crippen molar-refractivity contribution >= 4 is 21.5 Å². The Morgan fingerprint density at radius 3 is 2.57 bits per heavy atom. The zero-order valence-electron chi connectivity index (χ0n) is 8.60. The molecule has 1 aliphatic carbocycles. The van der Waals surface area contributed by atoms with E-state index in [4.69, 9.17) is 0 Å². The largest absolute Gasteiger partial charge is 0.0616 e. The van der Waals surface area contributed by atoms with Crippen molar-refractivity contribution in [3.05, 3.63) is 45.8 Å². The quantitative estimate of drug-likeness (QED) is 0.720. The fraction of sp³-hybridized carbons (Fsp3) is 0.308. The highest BCUT2D eigenvalue weighted by Gasteiger charge is 2.20. The first-order valence-electron chi connectivity index (χ1n) is 5.13. The average Bonchev–Trinajstić information content (AvgIpc) is 2.56. The number of hydrogen-bond acceptors (Lipinski definition) is 0. The molecule has 0 N–H and O–H groups in total. The second-order valence-corrected chi connectivity index (χ2v) is 4.41. The fourth-order valence-electron chi connectivity index (χ4n) is 2.13. The van der Waals surface area contributed by atoms with E-state index in [1.165, 1.54) is 26.7 Å². The Balaban J connectivity index is 2.57. The molecular formula is C13H14Br. The van der Waals surface area contributed by atoms with Gasteiger partial charge in [0.25, 0.3) is 0 Å². The van der Waals surface area contributed by atoms with Crippen LogP contribution in [0.15, 0.2) is 28.2 Å². The van der Waals surface area contributed by atoms with E-state index in [1.807, 2.05) is 0 Å². The third-order valence-corrected chi connectivity index (χ3v) is 3.46. The highest BCUT2D eigenvalue weighted by molar-refractivity contribution is 9.10. The topological polar surface area (TPSA) is 0 Å². The summed E-state index contributed by atoms with van der Waals surface area (Å²) in [5.41, 5.74) is 5.78. The van der Waals surface area contributed by atoms with Crippen LogP contribution >= 0.6 is 15.9 Å². The third-order valence-electron chi connectivity index (χ3n) is 2.80. The summed E-state index contributed by atoms with van der Waals surface area (Å²) in [7, 11) is 0. The first-order valence-corrected chi connectivity index (χ1v) is 5.92. The van der Waals surface area contributed by atoms with Gasteiger partial charge in [-0.05, 0) is 35.6 Å². The summed E-state index contributed by atoms with van der Waals surface area (Å²) >= 11 is 3.63. The summed E-state index contributed by atoms with van der Waals surface area (Å²) in [6, 6.07) is 6.42. The lowest BCUT2D eigenvalue weighted by Crippen LogP contribution is -1.84. The van der Waals surface area contributed by atoms with Crippen LogP contribution in [-0.2, 0) is 0 Å². The van der Waals surface area contributed by atoms with Crippen LogP contribution in [0.2, 0.25) is 0 Å². The number of halogens is 1. The van der Waals surface area contributed by atoms with E-state index in [-0.39, 0.29) is 0 Å². The van der Waals surface area contributed by atoms with Crippen LogP contribution in [0.4, 0.5) is 0 Å². The Morgan fingerprint density at radius 1 is 1.14 bits per heavy atom. The summed E-state index contributed by atoms with van der Waals surface area (Å²) in [6.07, 6.45) is 4.57. The Morgan fingerprint density at radius 2 is 1.93 bits per heavy atom. The normalized spacial score (nSPS) is 14.8. The van der Waals surface area contributed by atoms with E-state index in [0.29, 0.717) is 0 Å². The van der Waals surface area contributed by atoms with E-state index in [9.17, 15) is 0 Å². The van der Waals surface area contributed by atoms with E-state index >= 15 is 0 Å². The molecular weight excluding hydrogens is 236 g/mol. The SMILES string of the molecule is CCC1=C(CC)c2c(Br)cccc2[CH]1. The highest BCUT2D eigenvalue weighted by atomic mass is 79.9. The third kappa shape index (κ3) is 1.44. The average molecular weight is 250 g/mol. The van der Waals surface area contributed by atoms with E-state index in [1.54, 1.807) is 0 Å². The number of allylic oxidation sites excluding steroid dienone is 2. The zero-order chi connectivity index (χ0) is 10.1. The van der Waals surface area contributed by atoms with Crippen LogP contribution in [0.25, 0.3) is 5.57 Å². The van der Waals surface area contributed by atoms with Gasteiger partial charge in [-0.2, -0.15) is 0 Å². The van der Waals surface area contributed by atoms with Crippen molar-refractivity contribution in [2.24, 2.45) is 0 Å². The summed E-state index contributed by atoms with van der Waals surface area (Å²) < 4.78 is 1.23. The molecule has 0 atom stereocenters. The van der Waals surface area contributed by atoms with Crippen LogP contribution in [-0.4, -0.2) is 0 Å². The molecule has 0 nitrogen and oxygen atoms in total. The summed E-state index contributed by atoms with van der Waals surface area (Å²) in [5.74, 6) is 0. The molecule has 0 bridgehead atoms. The number of benzene rings is 1. The monoisotopic (exact) mass is 249 g/mol. The smallest absolute Gasteiger partial charge is 0.0253 e. The molecule has 0 saturated heterocycles. The molecule has 0 heterocycles. The molecule has 2 rings (SSSR count). The fourth-order valence-corrected chi connectivity index (χ4v) is 2.75. The van der Waals surface area contributed by atoms with Gasteiger partial charge in [-0.1, -0.05) is 47.5 Å². The van der Waals surface area contributed by atoms with Gasteiger partial charge in [0.15, 0.2) is 0 Å². The van der Waals surface area contributed by atoms with Gasteiger partial charge in [-0.15, -0.1) is 0 Å². The van der Waals surface area contributed by atoms with Gasteiger partial charge < -0.3 is 0 Å². The number of fused-ring (bicyclic) bond motifs is 1. The van der Waals surface area contributed by atoms with E-state index in [0.717, 1.165) is 12.8 Å². The molecule has 0 unspecified atom stereocenters. The molecule has 1 aliphatic rings.